The molecule has 3 rings (SSSR count). The van der Waals surface area contributed by atoms with Crippen LogP contribution in [0, 0.1) is 5.82 Å². The summed E-state index contributed by atoms with van der Waals surface area (Å²) in [5.74, 6) is -1.13. The first-order valence-electron chi connectivity index (χ1n) is 8.75. The molecule has 1 aromatic heterocycles. The van der Waals surface area contributed by atoms with Gasteiger partial charge >= 0.3 is 0 Å². The first-order chi connectivity index (χ1) is 13.8. The van der Waals surface area contributed by atoms with E-state index in [2.05, 4.69) is 15.0 Å². The van der Waals surface area contributed by atoms with Gasteiger partial charge in [-0.2, -0.15) is 0 Å². The first-order valence-corrected chi connectivity index (χ1v) is 10.4. The Balaban J connectivity index is 1.94. The number of aliphatic imine (C=N–C) groups is 1. The molecule has 7 nitrogen and oxygen atoms in total. The van der Waals surface area contributed by atoms with Crippen LogP contribution in [0.1, 0.15) is 34.9 Å². The van der Waals surface area contributed by atoms with Gasteiger partial charge in [-0.3, -0.25) is 4.99 Å². The second-order valence-electron chi connectivity index (χ2n) is 6.51. The molecule has 0 bridgehead atoms. The van der Waals surface area contributed by atoms with Gasteiger partial charge in [0.1, 0.15) is 22.6 Å². The van der Waals surface area contributed by atoms with Crippen LogP contribution in [-0.2, 0) is 9.84 Å². The summed E-state index contributed by atoms with van der Waals surface area (Å²) < 4.78 is 59.5. The molecule has 1 aliphatic heterocycles. The highest BCUT2D eigenvalue weighted by atomic mass is 32.2. The summed E-state index contributed by atoms with van der Waals surface area (Å²) >= 11 is 0. The van der Waals surface area contributed by atoms with Gasteiger partial charge in [0, 0.05) is 12.6 Å². The van der Waals surface area contributed by atoms with Gasteiger partial charge in [0.25, 0.3) is 0 Å². The highest BCUT2D eigenvalue weighted by Gasteiger charge is 2.44. The molecule has 10 heteroatoms. The smallest absolute Gasteiger partial charge is 0.232 e. The standard InChI is InChI=1S/C19H20F2N4O3S/c1-23-19(22)17-6-5-16(29(17,26)27)12-7-11(3-4-13(12)20)8-14(21)15-9-25-18(28-2)10-24-15/h3-4,7-10,16-17H,5-6H2,1-2H3,(H2,22,23)/b14-8-. The summed E-state index contributed by atoms with van der Waals surface area (Å²) in [6, 6.07) is 3.81. The van der Waals surface area contributed by atoms with Crippen LogP contribution in [0.4, 0.5) is 8.78 Å². The number of halogens is 2. The van der Waals surface area contributed by atoms with E-state index in [0.29, 0.717) is 5.56 Å². The van der Waals surface area contributed by atoms with Crippen molar-refractivity contribution in [2.24, 2.45) is 10.7 Å². The predicted octanol–water partition coefficient (Wildman–Crippen LogP) is 2.70. The number of sulfone groups is 1. The number of aromatic nitrogens is 2. The van der Waals surface area contributed by atoms with Gasteiger partial charge in [-0.15, -0.1) is 0 Å². The van der Waals surface area contributed by atoms with Crippen LogP contribution >= 0.6 is 0 Å². The summed E-state index contributed by atoms with van der Waals surface area (Å²) in [6.07, 6.45) is 4.07. The van der Waals surface area contributed by atoms with Crippen molar-refractivity contribution in [2.75, 3.05) is 14.2 Å². The predicted molar refractivity (Wildman–Crippen MR) is 106 cm³/mol. The molecule has 0 radical (unpaired) electrons. The molecule has 1 aliphatic rings. The Labute approximate surface area is 167 Å². The van der Waals surface area contributed by atoms with Crippen LogP contribution in [-0.4, -0.2) is 43.6 Å². The fraction of sp³-hybridized carbons (Fsp3) is 0.316. The van der Waals surface area contributed by atoms with E-state index >= 15 is 0 Å². The molecule has 2 atom stereocenters. The Hall–Kier alpha value is -2.88. The van der Waals surface area contributed by atoms with Crippen molar-refractivity contribution in [3.63, 3.8) is 0 Å². The molecule has 2 aromatic rings. The van der Waals surface area contributed by atoms with Crippen LogP contribution < -0.4 is 10.5 Å². The Morgan fingerprint density at radius 3 is 2.69 bits per heavy atom. The zero-order valence-corrected chi connectivity index (χ0v) is 16.7. The minimum absolute atomic E-state index is 0.00748. The van der Waals surface area contributed by atoms with E-state index < -0.39 is 32.0 Å². The van der Waals surface area contributed by atoms with Gasteiger partial charge in [0.05, 0.1) is 24.8 Å². The molecular weight excluding hydrogens is 402 g/mol. The lowest BCUT2D eigenvalue weighted by molar-refractivity contribution is 0.395. The third-order valence-corrected chi connectivity index (χ3v) is 7.37. The van der Waals surface area contributed by atoms with E-state index in [1.807, 2.05) is 0 Å². The van der Waals surface area contributed by atoms with Crippen molar-refractivity contribution in [3.8, 4) is 5.88 Å². The number of hydrogen-bond donors (Lipinski definition) is 1. The number of rotatable bonds is 5. The van der Waals surface area contributed by atoms with Crippen molar-refractivity contribution in [2.45, 2.75) is 23.3 Å². The van der Waals surface area contributed by atoms with Gasteiger partial charge in [-0.05, 0) is 36.6 Å². The molecule has 0 amide bonds. The van der Waals surface area contributed by atoms with Crippen LogP contribution in [0.2, 0.25) is 0 Å². The second kappa shape index (κ2) is 8.24. The highest BCUT2D eigenvalue weighted by Crippen LogP contribution is 2.40. The SMILES string of the molecule is CN=C(N)C1CCC(c2cc(/C=C(\F)c3cnc(OC)cn3)ccc2F)S1(=O)=O. The maximum Gasteiger partial charge on any atom is 0.232 e. The van der Waals surface area contributed by atoms with E-state index in [1.165, 1.54) is 38.7 Å². The monoisotopic (exact) mass is 422 g/mol. The van der Waals surface area contributed by atoms with Gasteiger partial charge < -0.3 is 10.5 Å². The highest BCUT2D eigenvalue weighted by molar-refractivity contribution is 7.93. The molecule has 0 aliphatic carbocycles. The van der Waals surface area contributed by atoms with Crippen molar-refractivity contribution in [1.29, 1.82) is 0 Å². The normalized spacial score (nSPS) is 21.9. The van der Waals surface area contributed by atoms with E-state index in [0.717, 1.165) is 12.1 Å². The number of ether oxygens (including phenoxy) is 1. The fourth-order valence-corrected chi connectivity index (χ4v) is 5.59. The zero-order chi connectivity index (χ0) is 21.2. The maximum atomic E-state index is 14.5. The topological polar surface area (TPSA) is 108 Å². The summed E-state index contributed by atoms with van der Waals surface area (Å²) in [5.41, 5.74) is 5.96. The number of methoxy groups -OCH3 is 1. The molecule has 1 saturated heterocycles. The minimum atomic E-state index is -3.77. The van der Waals surface area contributed by atoms with E-state index in [1.54, 1.807) is 0 Å². The number of hydrogen-bond acceptors (Lipinski definition) is 6. The molecule has 2 heterocycles. The van der Waals surface area contributed by atoms with Crippen molar-refractivity contribution in [1.82, 2.24) is 9.97 Å². The van der Waals surface area contributed by atoms with Crippen molar-refractivity contribution >= 4 is 27.6 Å². The molecule has 0 spiro atoms. The lowest BCUT2D eigenvalue weighted by atomic mass is 10.0. The van der Waals surface area contributed by atoms with E-state index in [-0.39, 0.29) is 35.8 Å². The Morgan fingerprint density at radius 2 is 2.07 bits per heavy atom. The first kappa shape index (κ1) is 20.8. The molecule has 1 aromatic carbocycles. The molecule has 2 unspecified atom stereocenters. The molecule has 2 N–H and O–H groups in total. The van der Waals surface area contributed by atoms with E-state index in [4.69, 9.17) is 10.5 Å². The lowest BCUT2D eigenvalue weighted by Crippen LogP contribution is -2.33. The van der Waals surface area contributed by atoms with Crippen molar-refractivity contribution < 1.29 is 21.9 Å². The average Bonchev–Trinajstić information content (AvgIpc) is 3.03. The molecular formula is C19H20F2N4O3S. The number of benzene rings is 1. The Morgan fingerprint density at radius 1 is 1.31 bits per heavy atom. The molecule has 29 heavy (non-hydrogen) atoms. The third kappa shape index (κ3) is 4.12. The number of nitrogens with two attached hydrogens (primary N) is 1. The fourth-order valence-electron chi connectivity index (χ4n) is 3.29. The lowest BCUT2D eigenvalue weighted by Gasteiger charge is -2.15. The summed E-state index contributed by atoms with van der Waals surface area (Å²) in [6.45, 7) is 0. The largest absolute Gasteiger partial charge is 0.480 e. The van der Waals surface area contributed by atoms with Crippen molar-refractivity contribution in [3.05, 3.63) is 53.2 Å². The summed E-state index contributed by atoms with van der Waals surface area (Å²) in [4.78, 5) is 11.5. The third-order valence-electron chi connectivity index (χ3n) is 4.81. The van der Waals surface area contributed by atoms with Crippen LogP contribution in [0.5, 0.6) is 5.88 Å². The quantitative estimate of drug-likeness (QED) is 0.586. The second-order valence-corrected chi connectivity index (χ2v) is 8.83. The number of amidine groups is 1. The average molecular weight is 422 g/mol. The van der Waals surface area contributed by atoms with Gasteiger partial charge in [0.15, 0.2) is 15.7 Å². The summed E-state index contributed by atoms with van der Waals surface area (Å²) in [7, 11) is -0.940. The van der Waals surface area contributed by atoms with Gasteiger partial charge in [0.2, 0.25) is 5.88 Å². The molecule has 1 fully saturated rings. The van der Waals surface area contributed by atoms with Crippen LogP contribution in [0.15, 0.2) is 35.6 Å². The zero-order valence-electron chi connectivity index (χ0n) is 15.8. The van der Waals surface area contributed by atoms with Gasteiger partial charge in [-0.25, -0.2) is 27.2 Å². The van der Waals surface area contributed by atoms with E-state index in [9.17, 15) is 17.2 Å². The Bertz CT molecular complexity index is 1070. The van der Waals surface area contributed by atoms with Gasteiger partial charge in [-0.1, -0.05) is 6.07 Å². The molecule has 154 valence electrons. The van der Waals surface area contributed by atoms with Crippen LogP contribution in [0.25, 0.3) is 11.9 Å². The minimum Gasteiger partial charge on any atom is -0.480 e. The number of nitrogens with zero attached hydrogens (tertiary/aromatic N) is 3. The Kier molecular flexibility index (Phi) is 5.92. The van der Waals surface area contributed by atoms with Crippen LogP contribution in [0.3, 0.4) is 0 Å². The maximum absolute atomic E-state index is 14.5. The molecule has 0 saturated carbocycles. The summed E-state index contributed by atoms with van der Waals surface area (Å²) in [5, 5.41) is -2.01.